The van der Waals surface area contributed by atoms with E-state index in [2.05, 4.69) is 21.2 Å². The molecule has 0 radical (unpaired) electrons. The van der Waals surface area contributed by atoms with E-state index in [1.165, 1.54) is 56.6 Å². The first kappa shape index (κ1) is 33.0. The summed E-state index contributed by atoms with van der Waals surface area (Å²) in [4.78, 5) is 28.1. The second kappa shape index (κ2) is 14.6. The van der Waals surface area contributed by atoms with Crippen molar-refractivity contribution >= 4 is 55.1 Å². The quantitative estimate of drug-likeness (QED) is 0.274. The van der Waals surface area contributed by atoms with Gasteiger partial charge in [-0.1, -0.05) is 39.7 Å². The number of anilines is 1. The molecular formula is C29H33BrClN3O7S. The van der Waals surface area contributed by atoms with Gasteiger partial charge in [0, 0.05) is 28.7 Å². The van der Waals surface area contributed by atoms with Crippen LogP contribution in [0.4, 0.5) is 5.69 Å². The lowest BCUT2D eigenvalue weighted by molar-refractivity contribution is -0.139. The van der Waals surface area contributed by atoms with Crippen LogP contribution < -0.4 is 23.8 Å². The number of ether oxygens (including phenoxy) is 3. The third-order valence-electron chi connectivity index (χ3n) is 6.39. The van der Waals surface area contributed by atoms with Crippen molar-refractivity contribution in [1.82, 2.24) is 10.2 Å². The molecule has 3 rings (SSSR count). The van der Waals surface area contributed by atoms with Crippen molar-refractivity contribution in [2.75, 3.05) is 38.7 Å². The molecule has 0 bridgehead atoms. The fraction of sp³-hybridized carbons (Fsp3) is 0.310. The largest absolute Gasteiger partial charge is 0.495 e. The predicted octanol–water partition coefficient (Wildman–Crippen LogP) is 4.88. The Morgan fingerprint density at radius 3 is 2.24 bits per heavy atom. The number of rotatable bonds is 13. The van der Waals surface area contributed by atoms with Gasteiger partial charge in [0.15, 0.2) is 11.5 Å². The number of hydrogen-bond acceptors (Lipinski definition) is 7. The Balaban J connectivity index is 2.15. The Kier molecular flexibility index (Phi) is 11.5. The maximum atomic E-state index is 14.2. The number of nitrogens with one attached hydrogen (secondary N) is 1. The third kappa shape index (κ3) is 7.67. The summed E-state index contributed by atoms with van der Waals surface area (Å²) in [6, 6.07) is 14.9. The van der Waals surface area contributed by atoms with E-state index in [-0.39, 0.29) is 39.6 Å². The molecule has 0 unspecified atom stereocenters. The van der Waals surface area contributed by atoms with E-state index in [0.29, 0.717) is 12.3 Å². The molecule has 42 heavy (non-hydrogen) atoms. The molecule has 3 aromatic rings. The Morgan fingerprint density at radius 1 is 0.952 bits per heavy atom. The van der Waals surface area contributed by atoms with Gasteiger partial charge in [-0.15, -0.1) is 0 Å². The monoisotopic (exact) mass is 681 g/mol. The van der Waals surface area contributed by atoms with Crippen molar-refractivity contribution in [3.8, 4) is 17.2 Å². The molecule has 10 nitrogen and oxygen atoms in total. The smallest absolute Gasteiger partial charge is 0.265 e. The van der Waals surface area contributed by atoms with Gasteiger partial charge in [0.1, 0.15) is 18.3 Å². The second-order valence-electron chi connectivity index (χ2n) is 9.07. The molecule has 3 aromatic carbocycles. The van der Waals surface area contributed by atoms with Gasteiger partial charge in [-0.25, -0.2) is 8.42 Å². The molecule has 0 aromatic heterocycles. The van der Waals surface area contributed by atoms with Crippen LogP contribution in [-0.4, -0.2) is 65.6 Å². The molecule has 1 atom stereocenters. The predicted molar refractivity (Wildman–Crippen MR) is 165 cm³/mol. The number of carbonyl (C=O) groups is 2. The summed E-state index contributed by atoms with van der Waals surface area (Å²) in [5.41, 5.74) is 0.782. The average molecular weight is 683 g/mol. The van der Waals surface area contributed by atoms with Crippen molar-refractivity contribution in [3.63, 3.8) is 0 Å². The van der Waals surface area contributed by atoms with E-state index >= 15 is 0 Å². The Morgan fingerprint density at radius 2 is 1.62 bits per heavy atom. The van der Waals surface area contributed by atoms with Gasteiger partial charge in [-0.2, -0.15) is 0 Å². The summed E-state index contributed by atoms with van der Waals surface area (Å²) in [6.45, 7) is 3.11. The molecule has 0 spiro atoms. The fourth-order valence-electron chi connectivity index (χ4n) is 4.21. The Hall–Kier alpha value is -3.48. The summed E-state index contributed by atoms with van der Waals surface area (Å²) in [5.74, 6) is -0.318. The van der Waals surface area contributed by atoms with Gasteiger partial charge >= 0.3 is 0 Å². The minimum absolute atomic E-state index is 0.0428. The van der Waals surface area contributed by atoms with E-state index in [4.69, 9.17) is 25.8 Å². The molecule has 1 N–H and O–H groups in total. The molecule has 2 amide bonds. The highest BCUT2D eigenvalue weighted by Crippen LogP contribution is 2.37. The molecule has 0 saturated carbocycles. The number of benzene rings is 3. The first-order valence-electron chi connectivity index (χ1n) is 12.9. The third-order valence-corrected chi connectivity index (χ3v) is 8.88. The van der Waals surface area contributed by atoms with Gasteiger partial charge in [0.05, 0.1) is 31.9 Å². The lowest BCUT2D eigenvalue weighted by Gasteiger charge is -2.32. The summed E-state index contributed by atoms with van der Waals surface area (Å²) < 4.78 is 46.2. The number of likely N-dealkylation sites (N-methyl/N-ethyl adjacent to an activating group) is 1. The first-order valence-corrected chi connectivity index (χ1v) is 15.5. The van der Waals surface area contributed by atoms with E-state index in [1.807, 2.05) is 24.3 Å². The fourth-order valence-corrected chi connectivity index (χ4v) is 6.26. The van der Waals surface area contributed by atoms with Crippen LogP contribution in [-0.2, 0) is 26.2 Å². The molecule has 0 aliphatic heterocycles. The summed E-state index contributed by atoms with van der Waals surface area (Å²) >= 11 is 9.71. The van der Waals surface area contributed by atoms with Crippen LogP contribution in [0.2, 0.25) is 5.02 Å². The number of hydrogen-bond donors (Lipinski definition) is 1. The molecular weight excluding hydrogens is 650 g/mol. The molecule has 0 saturated heterocycles. The van der Waals surface area contributed by atoms with Crippen LogP contribution in [0, 0.1) is 0 Å². The minimum Gasteiger partial charge on any atom is -0.495 e. The zero-order valence-electron chi connectivity index (χ0n) is 23.9. The number of amides is 2. The van der Waals surface area contributed by atoms with E-state index in [0.717, 1.165) is 14.3 Å². The van der Waals surface area contributed by atoms with Crippen molar-refractivity contribution in [3.05, 3.63) is 75.7 Å². The Labute approximate surface area is 259 Å². The molecule has 0 aliphatic carbocycles. The Bertz CT molecular complexity index is 1540. The number of methoxy groups -OCH3 is 3. The lowest BCUT2D eigenvalue weighted by Crippen LogP contribution is -2.51. The molecule has 0 heterocycles. The average Bonchev–Trinajstić information content (AvgIpc) is 2.97. The van der Waals surface area contributed by atoms with Crippen LogP contribution >= 0.6 is 27.5 Å². The summed E-state index contributed by atoms with van der Waals surface area (Å²) in [5, 5.41) is 2.96. The highest BCUT2D eigenvalue weighted by molar-refractivity contribution is 9.10. The molecule has 13 heteroatoms. The number of halogens is 2. The summed E-state index contributed by atoms with van der Waals surface area (Å²) in [7, 11) is -0.219. The SMILES string of the molecule is CCNC(=O)[C@@H](C)N(Cc1cccc(Br)c1)C(=O)CN(c1cc(Cl)ccc1OC)S(=O)(=O)c1ccc(OC)c(OC)c1. The summed E-state index contributed by atoms with van der Waals surface area (Å²) in [6.07, 6.45) is 0. The van der Waals surface area contributed by atoms with Gasteiger partial charge in [0.2, 0.25) is 11.8 Å². The number of sulfonamides is 1. The van der Waals surface area contributed by atoms with Crippen LogP contribution in [0.15, 0.2) is 70.0 Å². The lowest BCUT2D eigenvalue weighted by atomic mass is 10.1. The number of nitrogens with zero attached hydrogens (tertiary/aromatic N) is 2. The van der Waals surface area contributed by atoms with Crippen molar-refractivity contribution in [2.45, 2.75) is 31.3 Å². The number of carbonyl (C=O) groups excluding carboxylic acids is 2. The van der Waals surface area contributed by atoms with Crippen molar-refractivity contribution < 1.29 is 32.2 Å². The second-order valence-corrected chi connectivity index (χ2v) is 12.3. The standard InChI is InChI=1S/C29H33BrClN3O7S/c1-6-32-29(36)19(2)33(17-20-8-7-9-21(30)14-20)28(35)18-34(24-15-22(31)10-12-25(24)39-3)42(37,38)23-11-13-26(40-4)27(16-23)41-5/h7-16,19H,6,17-18H2,1-5H3,(H,32,36)/t19-/m1/s1. The van der Waals surface area contributed by atoms with E-state index < -0.39 is 28.5 Å². The van der Waals surface area contributed by atoms with Crippen LogP contribution in [0.3, 0.4) is 0 Å². The van der Waals surface area contributed by atoms with Crippen LogP contribution in [0.1, 0.15) is 19.4 Å². The minimum atomic E-state index is -4.42. The maximum Gasteiger partial charge on any atom is 0.265 e. The maximum absolute atomic E-state index is 14.2. The normalized spacial score (nSPS) is 11.8. The van der Waals surface area contributed by atoms with Crippen LogP contribution in [0.5, 0.6) is 17.2 Å². The topological polar surface area (TPSA) is 114 Å². The molecule has 226 valence electrons. The highest BCUT2D eigenvalue weighted by Gasteiger charge is 2.34. The molecule has 0 fully saturated rings. The molecule has 0 aliphatic rings. The zero-order valence-corrected chi connectivity index (χ0v) is 27.0. The van der Waals surface area contributed by atoms with Crippen molar-refractivity contribution in [1.29, 1.82) is 0 Å². The van der Waals surface area contributed by atoms with Gasteiger partial charge in [0.25, 0.3) is 10.0 Å². The van der Waals surface area contributed by atoms with Crippen LogP contribution in [0.25, 0.3) is 0 Å². The van der Waals surface area contributed by atoms with Gasteiger partial charge in [-0.05, 0) is 61.9 Å². The highest BCUT2D eigenvalue weighted by atomic mass is 79.9. The van der Waals surface area contributed by atoms with Gasteiger partial charge in [-0.3, -0.25) is 13.9 Å². The van der Waals surface area contributed by atoms with E-state index in [1.54, 1.807) is 19.9 Å². The first-order chi connectivity index (χ1) is 20.0. The zero-order chi connectivity index (χ0) is 31.0. The van der Waals surface area contributed by atoms with Crippen molar-refractivity contribution in [2.24, 2.45) is 0 Å². The van der Waals surface area contributed by atoms with E-state index in [9.17, 15) is 18.0 Å². The van der Waals surface area contributed by atoms with Gasteiger partial charge < -0.3 is 24.4 Å².